The lowest BCUT2D eigenvalue weighted by Gasteiger charge is -2.36. The highest BCUT2D eigenvalue weighted by Crippen LogP contribution is 2.40. The van der Waals surface area contributed by atoms with E-state index in [0.717, 1.165) is 25.7 Å². The predicted molar refractivity (Wildman–Crippen MR) is 76.2 cm³/mol. The average Bonchev–Trinajstić information content (AvgIpc) is 3.11. The van der Waals surface area contributed by atoms with Crippen LogP contribution in [0.15, 0.2) is 0 Å². The molecule has 0 bridgehead atoms. The first-order valence-corrected chi connectivity index (χ1v) is 7.44. The van der Waals surface area contributed by atoms with Crippen LogP contribution in [0, 0.1) is 11.3 Å². The quantitative estimate of drug-likeness (QED) is 0.700. The van der Waals surface area contributed by atoms with Crippen molar-refractivity contribution in [2.24, 2.45) is 17.1 Å². The zero-order valence-electron chi connectivity index (χ0n) is 12.5. The Hall–Kier alpha value is -0.570. The van der Waals surface area contributed by atoms with Crippen molar-refractivity contribution >= 4 is 5.91 Å². The number of rotatable bonds is 8. The van der Waals surface area contributed by atoms with Gasteiger partial charge in [0.2, 0.25) is 5.91 Å². The van der Waals surface area contributed by atoms with E-state index in [1.807, 2.05) is 0 Å². The monoisotopic (exact) mass is 254 g/mol. The molecule has 0 aliphatic heterocycles. The molecule has 1 aliphatic carbocycles. The summed E-state index contributed by atoms with van der Waals surface area (Å²) in [6, 6.07) is 0. The van der Waals surface area contributed by atoms with E-state index in [1.165, 1.54) is 12.8 Å². The number of nitrogens with one attached hydrogen (secondary N) is 1. The minimum absolute atomic E-state index is 0.0705. The molecule has 1 rings (SSSR count). The molecular formula is C15H30N2O. The Labute approximate surface area is 112 Å². The number of carbonyl (C=O) groups is 1. The Bertz CT molecular complexity index is 276. The summed E-state index contributed by atoms with van der Waals surface area (Å²) in [4.78, 5) is 12.6. The number of hydrogen-bond acceptors (Lipinski definition) is 2. The molecule has 3 heteroatoms. The van der Waals surface area contributed by atoms with Crippen molar-refractivity contribution in [1.29, 1.82) is 0 Å². The minimum Gasteiger partial charge on any atom is -0.350 e. The molecule has 1 aliphatic rings. The van der Waals surface area contributed by atoms with Crippen molar-refractivity contribution in [3.05, 3.63) is 0 Å². The molecule has 1 amide bonds. The maximum atomic E-state index is 12.6. The van der Waals surface area contributed by atoms with Crippen LogP contribution in [-0.4, -0.2) is 18.0 Å². The zero-order chi connectivity index (χ0) is 13.8. The van der Waals surface area contributed by atoms with Crippen molar-refractivity contribution in [3.63, 3.8) is 0 Å². The lowest BCUT2D eigenvalue weighted by Crippen LogP contribution is -2.54. The molecule has 0 saturated heterocycles. The van der Waals surface area contributed by atoms with Crippen LogP contribution in [0.4, 0.5) is 0 Å². The molecule has 0 aromatic carbocycles. The van der Waals surface area contributed by atoms with E-state index >= 15 is 0 Å². The molecule has 3 nitrogen and oxygen atoms in total. The van der Waals surface area contributed by atoms with Crippen LogP contribution < -0.4 is 11.1 Å². The SMILES string of the molecule is CCCC(CN)(CCC)C(=O)NC(C)(C)C1CC1. The van der Waals surface area contributed by atoms with Crippen molar-refractivity contribution in [3.8, 4) is 0 Å². The van der Waals surface area contributed by atoms with E-state index < -0.39 is 0 Å². The molecule has 0 heterocycles. The summed E-state index contributed by atoms with van der Waals surface area (Å²) in [6.07, 6.45) is 6.28. The maximum absolute atomic E-state index is 12.6. The van der Waals surface area contributed by atoms with Crippen LogP contribution in [0.25, 0.3) is 0 Å². The second-order valence-corrected chi connectivity index (χ2v) is 6.43. The molecule has 18 heavy (non-hydrogen) atoms. The topological polar surface area (TPSA) is 55.1 Å². The Kier molecular flexibility index (Phi) is 5.20. The van der Waals surface area contributed by atoms with E-state index in [-0.39, 0.29) is 16.9 Å². The molecule has 3 N–H and O–H groups in total. The molecule has 0 spiro atoms. The molecule has 0 aromatic rings. The fourth-order valence-electron chi connectivity index (χ4n) is 2.94. The first-order valence-electron chi connectivity index (χ1n) is 7.44. The Morgan fingerprint density at radius 1 is 1.22 bits per heavy atom. The minimum atomic E-state index is -0.352. The van der Waals surface area contributed by atoms with Gasteiger partial charge >= 0.3 is 0 Å². The van der Waals surface area contributed by atoms with Gasteiger partial charge in [0, 0.05) is 12.1 Å². The Balaban J connectivity index is 2.74. The van der Waals surface area contributed by atoms with E-state index in [2.05, 4.69) is 33.0 Å². The van der Waals surface area contributed by atoms with Crippen molar-refractivity contribution in [2.75, 3.05) is 6.54 Å². The van der Waals surface area contributed by atoms with Crippen LogP contribution in [-0.2, 0) is 4.79 Å². The summed E-state index contributed by atoms with van der Waals surface area (Å²) in [7, 11) is 0. The van der Waals surface area contributed by atoms with Gasteiger partial charge in [-0.25, -0.2) is 0 Å². The van der Waals surface area contributed by atoms with Gasteiger partial charge in [-0.1, -0.05) is 26.7 Å². The Morgan fingerprint density at radius 2 is 1.72 bits per heavy atom. The number of nitrogens with two attached hydrogens (primary N) is 1. The van der Waals surface area contributed by atoms with E-state index in [9.17, 15) is 4.79 Å². The Morgan fingerprint density at radius 3 is 2.06 bits per heavy atom. The lowest BCUT2D eigenvalue weighted by atomic mass is 9.77. The first-order chi connectivity index (χ1) is 8.41. The van der Waals surface area contributed by atoms with E-state index in [0.29, 0.717) is 12.5 Å². The summed E-state index contributed by atoms with van der Waals surface area (Å²) in [5.74, 6) is 0.825. The largest absolute Gasteiger partial charge is 0.350 e. The maximum Gasteiger partial charge on any atom is 0.227 e. The number of amides is 1. The summed E-state index contributed by atoms with van der Waals surface area (Å²) in [5, 5.41) is 3.26. The van der Waals surface area contributed by atoms with Gasteiger partial charge in [0.25, 0.3) is 0 Å². The van der Waals surface area contributed by atoms with Crippen molar-refractivity contribution in [1.82, 2.24) is 5.32 Å². The standard InChI is InChI=1S/C15H30N2O/c1-5-9-15(11-16,10-6-2)13(18)17-14(3,4)12-7-8-12/h12H,5-11,16H2,1-4H3,(H,17,18). The highest BCUT2D eigenvalue weighted by Gasteiger charge is 2.43. The highest BCUT2D eigenvalue weighted by molar-refractivity contribution is 5.83. The van der Waals surface area contributed by atoms with Gasteiger partial charge in [-0.3, -0.25) is 4.79 Å². The molecular weight excluding hydrogens is 224 g/mol. The third-order valence-electron chi connectivity index (χ3n) is 4.36. The van der Waals surface area contributed by atoms with Crippen LogP contribution in [0.5, 0.6) is 0 Å². The van der Waals surface area contributed by atoms with Crippen LogP contribution >= 0.6 is 0 Å². The molecule has 0 aromatic heterocycles. The first kappa shape index (κ1) is 15.5. The third-order valence-corrected chi connectivity index (χ3v) is 4.36. The fraction of sp³-hybridized carbons (Fsp3) is 0.933. The summed E-state index contributed by atoms with van der Waals surface area (Å²) >= 11 is 0. The van der Waals surface area contributed by atoms with Gasteiger partial charge < -0.3 is 11.1 Å². The normalized spacial score (nSPS) is 16.7. The molecule has 106 valence electrons. The van der Waals surface area contributed by atoms with Gasteiger partial charge in [-0.05, 0) is 45.4 Å². The summed E-state index contributed by atoms with van der Waals surface area (Å²) < 4.78 is 0. The highest BCUT2D eigenvalue weighted by atomic mass is 16.2. The second-order valence-electron chi connectivity index (χ2n) is 6.43. The molecule has 0 unspecified atom stereocenters. The molecule has 1 fully saturated rings. The van der Waals surface area contributed by atoms with Crippen LogP contribution in [0.1, 0.15) is 66.2 Å². The fourth-order valence-corrected chi connectivity index (χ4v) is 2.94. The third kappa shape index (κ3) is 3.47. The zero-order valence-corrected chi connectivity index (χ0v) is 12.5. The molecule has 0 radical (unpaired) electrons. The van der Waals surface area contributed by atoms with Crippen LogP contribution in [0.2, 0.25) is 0 Å². The second kappa shape index (κ2) is 6.05. The lowest BCUT2D eigenvalue weighted by molar-refractivity contribution is -0.133. The average molecular weight is 254 g/mol. The molecule has 0 atom stereocenters. The predicted octanol–water partition coefficient (Wildman–Crippen LogP) is 2.84. The van der Waals surface area contributed by atoms with E-state index in [1.54, 1.807) is 0 Å². The van der Waals surface area contributed by atoms with Gasteiger partial charge in [0.1, 0.15) is 0 Å². The van der Waals surface area contributed by atoms with Gasteiger partial charge in [0.15, 0.2) is 0 Å². The smallest absolute Gasteiger partial charge is 0.227 e. The van der Waals surface area contributed by atoms with Crippen molar-refractivity contribution < 1.29 is 4.79 Å². The summed E-state index contributed by atoms with van der Waals surface area (Å²) in [6.45, 7) is 8.99. The molecule has 1 saturated carbocycles. The van der Waals surface area contributed by atoms with Gasteiger partial charge in [-0.2, -0.15) is 0 Å². The van der Waals surface area contributed by atoms with Crippen LogP contribution in [0.3, 0.4) is 0 Å². The van der Waals surface area contributed by atoms with E-state index in [4.69, 9.17) is 5.73 Å². The number of carbonyl (C=O) groups excluding carboxylic acids is 1. The number of hydrogen-bond donors (Lipinski definition) is 2. The van der Waals surface area contributed by atoms with Crippen molar-refractivity contribution in [2.45, 2.75) is 71.8 Å². The summed E-state index contributed by atoms with van der Waals surface area (Å²) in [5.41, 5.74) is 5.51. The van der Waals surface area contributed by atoms with Gasteiger partial charge in [0.05, 0.1) is 5.41 Å². The van der Waals surface area contributed by atoms with Gasteiger partial charge in [-0.15, -0.1) is 0 Å².